The van der Waals surface area contributed by atoms with Gasteiger partial charge in [-0.05, 0) is 0 Å². The number of piperazine rings is 1. The van der Waals surface area contributed by atoms with Crippen molar-refractivity contribution in [3.8, 4) is 0 Å². The van der Waals surface area contributed by atoms with Gasteiger partial charge in [-0.3, -0.25) is 4.90 Å². The van der Waals surface area contributed by atoms with E-state index in [9.17, 15) is 13.2 Å². The Bertz CT molecular complexity index is 415. The minimum atomic E-state index is -4.13. The first-order chi connectivity index (χ1) is 8.98. The fourth-order valence-corrected chi connectivity index (χ4v) is 2.05. The van der Waals surface area contributed by atoms with Crippen LogP contribution in [0.15, 0.2) is 12.4 Å². The van der Waals surface area contributed by atoms with Gasteiger partial charge in [0.1, 0.15) is 18.0 Å². The molecule has 1 aliphatic rings. The first-order valence-corrected chi connectivity index (χ1v) is 6.02. The van der Waals surface area contributed by atoms with E-state index in [-0.39, 0.29) is 0 Å². The molecule has 5 nitrogen and oxygen atoms in total. The van der Waals surface area contributed by atoms with E-state index < -0.39 is 12.7 Å². The molecule has 2 rings (SSSR count). The number of alkyl halides is 3. The number of rotatable bonds is 3. The lowest BCUT2D eigenvalue weighted by atomic mass is 10.3. The smallest absolute Gasteiger partial charge is 0.373 e. The molecule has 106 valence electrons. The highest BCUT2D eigenvalue weighted by molar-refractivity contribution is 5.48. The molecular weight excluding hydrogens is 259 g/mol. The van der Waals surface area contributed by atoms with Crippen LogP contribution >= 0.6 is 0 Å². The molecule has 19 heavy (non-hydrogen) atoms. The lowest BCUT2D eigenvalue weighted by Gasteiger charge is -2.35. The summed E-state index contributed by atoms with van der Waals surface area (Å²) in [4.78, 5) is 11.5. The van der Waals surface area contributed by atoms with Crippen molar-refractivity contribution in [3.05, 3.63) is 12.4 Å². The molecule has 0 atom stereocenters. The van der Waals surface area contributed by atoms with Crippen LogP contribution in [-0.2, 0) is 0 Å². The Morgan fingerprint density at radius 1 is 1.21 bits per heavy atom. The molecule has 1 aromatic heterocycles. The van der Waals surface area contributed by atoms with E-state index in [1.54, 1.807) is 13.1 Å². The van der Waals surface area contributed by atoms with Crippen molar-refractivity contribution in [2.45, 2.75) is 6.18 Å². The summed E-state index contributed by atoms with van der Waals surface area (Å²) in [7, 11) is 1.76. The van der Waals surface area contributed by atoms with Crippen molar-refractivity contribution < 1.29 is 13.2 Å². The molecule has 1 aromatic rings. The maximum absolute atomic E-state index is 12.3. The first-order valence-electron chi connectivity index (χ1n) is 6.02. The average Bonchev–Trinajstić information content (AvgIpc) is 2.38. The summed E-state index contributed by atoms with van der Waals surface area (Å²) >= 11 is 0. The van der Waals surface area contributed by atoms with Gasteiger partial charge in [0.25, 0.3) is 0 Å². The third-order valence-corrected chi connectivity index (χ3v) is 3.01. The normalized spacial score (nSPS) is 17.6. The van der Waals surface area contributed by atoms with Gasteiger partial charge < -0.3 is 10.2 Å². The second-order valence-electron chi connectivity index (χ2n) is 4.39. The molecule has 1 fully saturated rings. The Morgan fingerprint density at radius 2 is 1.89 bits per heavy atom. The molecule has 0 bridgehead atoms. The number of nitrogens with one attached hydrogen (secondary N) is 1. The third-order valence-electron chi connectivity index (χ3n) is 3.01. The van der Waals surface area contributed by atoms with Crippen LogP contribution in [0, 0.1) is 0 Å². The molecular formula is C11H16F3N5. The summed E-state index contributed by atoms with van der Waals surface area (Å²) in [6.07, 6.45) is -2.68. The van der Waals surface area contributed by atoms with Gasteiger partial charge in [0.05, 0.1) is 6.54 Å². The van der Waals surface area contributed by atoms with E-state index in [4.69, 9.17) is 0 Å². The minimum Gasteiger partial charge on any atom is -0.373 e. The van der Waals surface area contributed by atoms with Gasteiger partial charge in [-0.2, -0.15) is 13.2 Å². The van der Waals surface area contributed by atoms with Crippen LogP contribution in [0.3, 0.4) is 0 Å². The summed E-state index contributed by atoms with van der Waals surface area (Å²) in [6, 6.07) is 1.79. The van der Waals surface area contributed by atoms with E-state index in [0.717, 1.165) is 5.82 Å². The van der Waals surface area contributed by atoms with Gasteiger partial charge in [-0.25, -0.2) is 9.97 Å². The third kappa shape index (κ3) is 3.95. The average molecular weight is 275 g/mol. The molecule has 0 unspecified atom stereocenters. The highest BCUT2D eigenvalue weighted by atomic mass is 19.4. The first kappa shape index (κ1) is 13.9. The monoisotopic (exact) mass is 275 g/mol. The summed E-state index contributed by atoms with van der Waals surface area (Å²) in [5.41, 5.74) is 0. The number of nitrogens with zero attached hydrogens (tertiary/aromatic N) is 4. The molecule has 0 aliphatic carbocycles. The van der Waals surface area contributed by atoms with Gasteiger partial charge >= 0.3 is 6.18 Å². The van der Waals surface area contributed by atoms with E-state index in [1.807, 2.05) is 4.90 Å². The Labute approximate surface area is 109 Å². The zero-order chi connectivity index (χ0) is 13.9. The lowest BCUT2D eigenvalue weighted by Crippen LogP contribution is -2.49. The Balaban J connectivity index is 1.92. The standard InChI is InChI=1S/C11H16F3N5/c1-15-9-6-10(17-8-16-9)19-4-2-18(3-5-19)7-11(12,13)14/h6,8H,2-5,7H2,1H3,(H,15,16,17). The van der Waals surface area contributed by atoms with Gasteiger partial charge in [-0.1, -0.05) is 0 Å². The minimum absolute atomic E-state index is 0.387. The zero-order valence-corrected chi connectivity index (χ0v) is 10.6. The van der Waals surface area contributed by atoms with Crippen LogP contribution in [0.5, 0.6) is 0 Å². The summed E-state index contributed by atoms with van der Waals surface area (Å²) in [5, 5.41) is 2.91. The van der Waals surface area contributed by atoms with Crippen LogP contribution in [0.2, 0.25) is 0 Å². The molecule has 1 saturated heterocycles. The van der Waals surface area contributed by atoms with Crippen LogP contribution in [0.4, 0.5) is 24.8 Å². The number of aromatic nitrogens is 2. The maximum atomic E-state index is 12.3. The summed E-state index contributed by atoms with van der Waals surface area (Å²) in [6.45, 7) is 1.01. The van der Waals surface area contributed by atoms with Crippen molar-refractivity contribution in [1.82, 2.24) is 14.9 Å². The van der Waals surface area contributed by atoms with E-state index >= 15 is 0 Å². The fourth-order valence-electron chi connectivity index (χ4n) is 2.05. The molecule has 0 radical (unpaired) electrons. The maximum Gasteiger partial charge on any atom is 0.401 e. The molecule has 8 heteroatoms. The second kappa shape index (κ2) is 5.60. The molecule has 1 N–H and O–H groups in total. The van der Waals surface area contributed by atoms with Gasteiger partial charge in [0.15, 0.2) is 0 Å². The van der Waals surface area contributed by atoms with Crippen molar-refractivity contribution in [3.63, 3.8) is 0 Å². The highest BCUT2D eigenvalue weighted by Crippen LogP contribution is 2.20. The van der Waals surface area contributed by atoms with E-state index in [1.165, 1.54) is 11.2 Å². The summed E-state index contributed by atoms with van der Waals surface area (Å²) < 4.78 is 36.8. The van der Waals surface area contributed by atoms with E-state index in [0.29, 0.717) is 32.0 Å². The molecule has 0 saturated carbocycles. The van der Waals surface area contributed by atoms with Gasteiger partial charge in [0.2, 0.25) is 0 Å². The highest BCUT2D eigenvalue weighted by Gasteiger charge is 2.32. The number of halogens is 3. The van der Waals surface area contributed by atoms with Gasteiger partial charge in [0, 0.05) is 39.3 Å². The van der Waals surface area contributed by atoms with Crippen LogP contribution in [-0.4, -0.2) is 60.8 Å². The molecule has 0 amide bonds. The van der Waals surface area contributed by atoms with Gasteiger partial charge in [-0.15, -0.1) is 0 Å². The quantitative estimate of drug-likeness (QED) is 0.898. The van der Waals surface area contributed by atoms with Crippen molar-refractivity contribution in [1.29, 1.82) is 0 Å². The number of hydrogen-bond acceptors (Lipinski definition) is 5. The Morgan fingerprint density at radius 3 is 2.47 bits per heavy atom. The number of hydrogen-bond donors (Lipinski definition) is 1. The van der Waals surface area contributed by atoms with Crippen molar-refractivity contribution in [2.24, 2.45) is 0 Å². The Hall–Kier alpha value is -1.57. The predicted molar refractivity (Wildman–Crippen MR) is 66.3 cm³/mol. The largest absolute Gasteiger partial charge is 0.401 e. The Kier molecular flexibility index (Phi) is 4.08. The predicted octanol–water partition coefficient (Wildman–Crippen LogP) is 1.20. The zero-order valence-electron chi connectivity index (χ0n) is 10.6. The van der Waals surface area contributed by atoms with E-state index in [2.05, 4.69) is 15.3 Å². The topological polar surface area (TPSA) is 44.3 Å². The SMILES string of the molecule is CNc1cc(N2CCN(CC(F)(F)F)CC2)ncn1. The molecule has 1 aliphatic heterocycles. The van der Waals surface area contributed by atoms with Crippen molar-refractivity contribution >= 4 is 11.6 Å². The van der Waals surface area contributed by atoms with Crippen LogP contribution in [0.1, 0.15) is 0 Å². The fraction of sp³-hybridized carbons (Fsp3) is 0.636. The lowest BCUT2D eigenvalue weighted by molar-refractivity contribution is -0.146. The molecule has 0 aromatic carbocycles. The number of anilines is 2. The summed E-state index contributed by atoms with van der Waals surface area (Å²) in [5.74, 6) is 1.44. The second-order valence-corrected chi connectivity index (χ2v) is 4.39. The van der Waals surface area contributed by atoms with Crippen LogP contribution in [0.25, 0.3) is 0 Å². The van der Waals surface area contributed by atoms with Crippen molar-refractivity contribution in [2.75, 3.05) is 50.0 Å². The molecule has 0 spiro atoms. The van der Waals surface area contributed by atoms with Crippen LogP contribution < -0.4 is 10.2 Å². The molecule has 2 heterocycles.